The molecule has 0 radical (unpaired) electrons. The molecule has 0 bridgehead atoms. The van der Waals surface area contributed by atoms with Crippen LogP contribution in [0.15, 0.2) is 46.2 Å². The fourth-order valence-corrected chi connectivity index (χ4v) is 5.50. The van der Waals surface area contributed by atoms with Crippen molar-refractivity contribution >= 4 is 45.9 Å². The van der Waals surface area contributed by atoms with E-state index in [-0.39, 0.29) is 22.9 Å². The van der Waals surface area contributed by atoms with E-state index in [0.717, 1.165) is 36.0 Å². The maximum atomic E-state index is 13.6. The van der Waals surface area contributed by atoms with Gasteiger partial charge in [-0.25, -0.2) is 0 Å². The first-order chi connectivity index (χ1) is 17.3. The second kappa shape index (κ2) is 11.4. The first-order valence-corrected chi connectivity index (χ1v) is 13.5. The highest BCUT2D eigenvalue weighted by atomic mass is 32.2. The molecular weight excluding hydrogens is 490 g/mol. The van der Waals surface area contributed by atoms with E-state index in [1.807, 2.05) is 45.0 Å². The average Bonchev–Trinajstić information content (AvgIpc) is 3.11. The fourth-order valence-electron chi connectivity index (χ4n) is 4.21. The Morgan fingerprint density at radius 2 is 1.83 bits per heavy atom. The lowest BCUT2D eigenvalue weighted by atomic mass is 10.1. The van der Waals surface area contributed by atoms with Gasteiger partial charge in [-0.15, -0.1) is 0 Å². The van der Waals surface area contributed by atoms with Crippen molar-refractivity contribution in [3.8, 4) is 11.6 Å². The van der Waals surface area contributed by atoms with Gasteiger partial charge in [-0.2, -0.15) is 4.98 Å². The molecule has 0 saturated carbocycles. The molecule has 1 aromatic carbocycles. The number of fused-ring (bicyclic) bond motifs is 1. The van der Waals surface area contributed by atoms with E-state index in [1.54, 1.807) is 23.2 Å². The molecule has 3 heterocycles. The molecule has 2 aromatic heterocycles. The van der Waals surface area contributed by atoms with Gasteiger partial charge in [-0.1, -0.05) is 80.3 Å². The average molecular weight is 522 g/mol. The minimum Gasteiger partial charge on any atom is -0.438 e. The van der Waals surface area contributed by atoms with E-state index in [2.05, 4.69) is 6.92 Å². The first kappa shape index (κ1) is 26.1. The smallest absolute Gasteiger partial charge is 0.269 e. The summed E-state index contributed by atoms with van der Waals surface area (Å²) in [5.41, 5.74) is 3.33. The van der Waals surface area contributed by atoms with Crippen LogP contribution in [0, 0.1) is 20.8 Å². The van der Waals surface area contributed by atoms with Crippen LogP contribution < -0.4 is 10.3 Å². The quantitative estimate of drug-likeness (QED) is 0.180. The molecule has 6 nitrogen and oxygen atoms in total. The van der Waals surface area contributed by atoms with Crippen LogP contribution in [0.3, 0.4) is 0 Å². The molecule has 3 aromatic rings. The van der Waals surface area contributed by atoms with E-state index in [9.17, 15) is 9.59 Å². The topological polar surface area (TPSA) is 63.9 Å². The molecule has 1 fully saturated rings. The number of nitrogens with zero attached hydrogens (tertiary/aromatic N) is 3. The van der Waals surface area contributed by atoms with E-state index >= 15 is 0 Å². The van der Waals surface area contributed by atoms with Crippen LogP contribution in [0.2, 0.25) is 0 Å². The van der Waals surface area contributed by atoms with Gasteiger partial charge in [0.2, 0.25) is 5.88 Å². The van der Waals surface area contributed by atoms with Crippen molar-refractivity contribution in [2.75, 3.05) is 6.54 Å². The van der Waals surface area contributed by atoms with Gasteiger partial charge in [-0.05, 0) is 56.5 Å². The van der Waals surface area contributed by atoms with Crippen LogP contribution in [0.5, 0.6) is 11.6 Å². The van der Waals surface area contributed by atoms with Crippen molar-refractivity contribution in [3.05, 3.63) is 74.0 Å². The number of benzene rings is 1. The van der Waals surface area contributed by atoms with Crippen LogP contribution in [-0.2, 0) is 4.79 Å². The van der Waals surface area contributed by atoms with Gasteiger partial charge in [0.25, 0.3) is 11.5 Å². The van der Waals surface area contributed by atoms with Crippen molar-refractivity contribution in [2.24, 2.45) is 0 Å². The van der Waals surface area contributed by atoms with Gasteiger partial charge < -0.3 is 4.74 Å². The van der Waals surface area contributed by atoms with Gasteiger partial charge in [0.1, 0.15) is 21.3 Å². The Labute approximate surface area is 221 Å². The third-order valence-corrected chi connectivity index (χ3v) is 7.60. The third-order valence-electron chi connectivity index (χ3n) is 6.22. The zero-order valence-electron chi connectivity index (χ0n) is 21.2. The van der Waals surface area contributed by atoms with Crippen molar-refractivity contribution in [2.45, 2.75) is 59.8 Å². The number of rotatable bonds is 9. The predicted octanol–water partition coefficient (Wildman–Crippen LogP) is 6.58. The van der Waals surface area contributed by atoms with Crippen LogP contribution in [0.25, 0.3) is 11.7 Å². The molecule has 4 rings (SSSR count). The van der Waals surface area contributed by atoms with Gasteiger partial charge in [0.15, 0.2) is 0 Å². The van der Waals surface area contributed by atoms with Crippen molar-refractivity contribution in [1.82, 2.24) is 14.3 Å². The monoisotopic (exact) mass is 521 g/mol. The molecule has 1 amide bonds. The molecule has 1 saturated heterocycles. The minimum absolute atomic E-state index is 0.172. The van der Waals surface area contributed by atoms with Crippen LogP contribution in [0.4, 0.5) is 0 Å². The van der Waals surface area contributed by atoms with Gasteiger partial charge in [0, 0.05) is 12.7 Å². The SMILES string of the molecule is CCCCCCCN1C(=O)/C(=C\c2c(Oc3ccc(C)cc3C)nc3c(C)cccn3c2=O)SC1=S. The summed E-state index contributed by atoms with van der Waals surface area (Å²) in [6.07, 6.45) is 8.74. The number of unbranched alkanes of at least 4 members (excludes halogenated alkanes) is 4. The van der Waals surface area contributed by atoms with Crippen molar-refractivity contribution < 1.29 is 9.53 Å². The number of aromatic nitrogens is 2. The van der Waals surface area contributed by atoms with Gasteiger partial charge in [-0.3, -0.25) is 18.9 Å². The molecule has 0 N–H and O–H groups in total. The summed E-state index contributed by atoms with van der Waals surface area (Å²) in [6, 6.07) is 9.53. The number of pyridine rings is 1. The highest BCUT2D eigenvalue weighted by Gasteiger charge is 2.32. The van der Waals surface area contributed by atoms with E-state index in [0.29, 0.717) is 27.2 Å². The molecule has 0 unspecified atom stereocenters. The molecule has 36 heavy (non-hydrogen) atoms. The molecule has 188 valence electrons. The highest BCUT2D eigenvalue weighted by molar-refractivity contribution is 8.26. The number of hydrogen-bond acceptors (Lipinski definition) is 6. The Morgan fingerprint density at radius 1 is 1.06 bits per heavy atom. The number of hydrogen-bond donors (Lipinski definition) is 0. The first-order valence-electron chi connectivity index (χ1n) is 12.3. The fraction of sp³-hybridized carbons (Fsp3) is 0.357. The summed E-state index contributed by atoms with van der Waals surface area (Å²) in [5, 5.41) is 0. The zero-order valence-corrected chi connectivity index (χ0v) is 22.8. The highest BCUT2D eigenvalue weighted by Crippen LogP contribution is 2.35. The number of ether oxygens (including phenoxy) is 1. The summed E-state index contributed by atoms with van der Waals surface area (Å²) in [4.78, 5) is 33.6. The Balaban J connectivity index is 1.72. The number of amides is 1. The van der Waals surface area contributed by atoms with Crippen molar-refractivity contribution in [1.29, 1.82) is 0 Å². The van der Waals surface area contributed by atoms with Crippen LogP contribution in [0.1, 0.15) is 61.3 Å². The minimum atomic E-state index is -0.298. The van der Waals surface area contributed by atoms with Gasteiger partial charge >= 0.3 is 0 Å². The lowest BCUT2D eigenvalue weighted by molar-refractivity contribution is -0.122. The van der Waals surface area contributed by atoms with Gasteiger partial charge in [0.05, 0.1) is 4.91 Å². The van der Waals surface area contributed by atoms with E-state index in [4.69, 9.17) is 21.9 Å². The molecule has 0 spiro atoms. The maximum Gasteiger partial charge on any atom is 0.269 e. The summed E-state index contributed by atoms with van der Waals surface area (Å²) in [7, 11) is 0. The predicted molar refractivity (Wildman–Crippen MR) is 151 cm³/mol. The number of thiocarbonyl (C=S) groups is 1. The summed E-state index contributed by atoms with van der Waals surface area (Å²) < 4.78 is 8.21. The maximum absolute atomic E-state index is 13.6. The Hall–Kier alpha value is -2.97. The molecule has 1 aliphatic heterocycles. The largest absolute Gasteiger partial charge is 0.438 e. The number of aryl methyl sites for hydroxylation is 3. The summed E-state index contributed by atoms with van der Waals surface area (Å²) >= 11 is 6.72. The van der Waals surface area contributed by atoms with E-state index in [1.165, 1.54) is 29.0 Å². The normalized spacial score (nSPS) is 14.9. The molecule has 1 aliphatic rings. The lowest BCUT2D eigenvalue weighted by Gasteiger charge is -2.14. The molecule has 8 heteroatoms. The summed E-state index contributed by atoms with van der Waals surface area (Å²) in [6.45, 7) is 8.63. The van der Waals surface area contributed by atoms with Crippen LogP contribution in [-0.4, -0.2) is 31.1 Å². The zero-order chi connectivity index (χ0) is 25.8. The van der Waals surface area contributed by atoms with E-state index < -0.39 is 0 Å². The molecule has 0 aliphatic carbocycles. The number of carbonyl (C=O) groups is 1. The second-order valence-electron chi connectivity index (χ2n) is 9.14. The van der Waals surface area contributed by atoms with Crippen molar-refractivity contribution in [3.63, 3.8) is 0 Å². The number of thioether (sulfide) groups is 1. The summed E-state index contributed by atoms with van der Waals surface area (Å²) in [5.74, 6) is 0.609. The standard InChI is InChI=1S/C28H31N3O3S2/c1-5-6-7-8-9-14-31-27(33)23(36-28(31)35)17-21-25(34-22-13-12-18(2)16-20(22)4)29-24-19(3)11-10-15-30(24)26(21)32/h10-13,15-17H,5-9,14H2,1-4H3/b23-17+. The third kappa shape index (κ3) is 5.55. The van der Waals surface area contributed by atoms with Crippen LogP contribution >= 0.6 is 24.0 Å². The number of carbonyl (C=O) groups excluding carboxylic acids is 1. The Morgan fingerprint density at radius 3 is 2.58 bits per heavy atom. The Kier molecular flexibility index (Phi) is 8.26. The second-order valence-corrected chi connectivity index (χ2v) is 10.8. The molecular formula is C28H31N3O3S2. The lowest BCUT2D eigenvalue weighted by Crippen LogP contribution is -2.29. The Bertz CT molecular complexity index is 1410. The molecule has 0 atom stereocenters.